The van der Waals surface area contributed by atoms with Gasteiger partial charge in [-0.1, -0.05) is 19.1 Å². The highest BCUT2D eigenvalue weighted by Crippen LogP contribution is 2.39. The molecule has 1 aliphatic heterocycles. The predicted octanol–water partition coefficient (Wildman–Crippen LogP) is 3.70. The van der Waals surface area contributed by atoms with Gasteiger partial charge in [0.1, 0.15) is 17.6 Å². The molecule has 2 aliphatic rings. The van der Waals surface area contributed by atoms with Crippen LogP contribution in [0.1, 0.15) is 56.1 Å². The number of aromatic nitrogens is 2. The van der Waals surface area contributed by atoms with E-state index in [1.54, 1.807) is 6.92 Å². The summed E-state index contributed by atoms with van der Waals surface area (Å²) < 4.78 is 6.03. The lowest BCUT2D eigenvalue weighted by molar-refractivity contribution is -0.117. The fourth-order valence-corrected chi connectivity index (χ4v) is 3.41. The van der Waals surface area contributed by atoms with Crippen molar-refractivity contribution in [2.24, 2.45) is 0 Å². The molecular weight excluding hydrogens is 326 g/mol. The highest BCUT2D eigenvalue weighted by atomic mass is 16.5. The van der Waals surface area contributed by atoms with E-state index in [1.165, 1.54) is 24.0 Å². The highest BCUT2D eigenvalue weighted by molar-refractivity contribution is 5.76. The summed E-state index contributed by atoms with van der Waals surface area (Å²) in [5.41, 5.74) is 2.44. The van der Waals surface area contributed by atoms with Crippen LogP contribution in [-0.4, -0.2) is 34.9 Å². The average molecular weight is 351 g/mol. The number of carbonyl (C=O) groups is 1. The molecule has 26 heavy (non-hydrogen) atoms. The van der Waals surface area contributed by atoms with Gasteiger partial charge in [0.25, 0.3) is 0 Å². The molecule has 0 amide bonds. The Morgan fingerprint density at radius 1 is 1.19 bits per heavy atom. The molecule has 4 rings (SSSR count). The minimum absolute atomic E-state index is 0.169. The number of ether oxygens (including phenoxy) is 1. The molecule has 1 aromatic carbocycles. The van der Waals surface area contributed by atoms with Gasteiger partial charge in [-0.2, -0.15) is 0 Å². The van der Waals surface area contributed by atoms with E-state index in [4.69, 9.17) is 4.74 Å². The third-order valence-electron chi connectivity index (χ3n) is 5.18. The zero-order valence-corrected chi connectivity index (χ0v) is 15.4. The first kappa shape index (κ1) is 17.0. The topological polar surface area (TPSA) is 55.3 Å². The first-order valence-electron chi connectivity index (χ1n) is 9.41. The van der Waals surface area contributed by atoms with Crippen molar-refractivity contribution in [1.29, 1.82) is 0 Å². The molecule has 0 N–H and O–H groups in total. The van der Waals surface area contributed by atoms with Gasteiger partial charge < -0.3 is 14.4 Å². The third kappa shape index (κ3) is 3.87. The Kier molecular flexibility index (Phi) is 4.62. The summed E-state index contributed by atoms with van der Waals surface area (Å²) in [6.07, 6.45) is 7.23. The van der Waals surface area contributed by atoms with E-state index >= 15 is 0 Å². The molecule has 2 fully saturated rings. The normalized spacial score (nSPS) is 18.3. The quantitative estimate of drug-likeness (QED) is 0.761. The first-order chi connectivity index (χ1) is 12.6. The van der Waals surface area contributed by atoms with E-state index < -0.39 is 0 Å². The van der Waals surface area contributed by atoms with Crippen molar-refractivity contribution in [3.05, 3.63) is 47.8 Å². The van der Waals surface area contributed by atoms with Crippen molar-refractivity contribution in [3.63, 3.8) is 0 Å². The second kappa shape index (κ2) is 7.06. The van der Waals surface area contributed by atoms with E-state index in [1.807, 2.05) is 24.5 Å². The van der Waals surface area contributed by atoms with E-state index in [2.05, 4.69) is 33.9 Å². The summed E-state index contributed by atoms with van der Waals surface area (Å²) >= 11 is 0. The number of rotatable bonds is 7. The van der Waals surface area contributed by atoms with Crippen LogP contribution in [0.2, 0.25) is 0 Å². The molecule has 0 bridgehead atoms. The average Bonchev–Trinajstić information content (AvgIpc) is 3.43. The Labute approximate surface area is 154 Å². The summed E-state index contributed by atoms with van der Waals surface area (Å²) in [4.78, 5) is 22.4. The van der Waals surface area contributed by atoms with Gasteiger partial charge in [0.05, 0.1) is 13.1 Å². The Balaban J connectivity index is 1.27. The zero-order valence-electron chi connectivity index (χ0n) is 15.4. The summed E-state index contributed by atoms with van der Waals surface area (Å²) in [6.45, 7) is 5.34. The largest absolute Gasteiger partial charge is 0.487 e. The van der Waals surface area contributed by atoms with Crippen LogP contribution >= 0.6 is 0 Å². The molecular formula is C21H25N3O2. The molecule has 136 valence electrons. The summed E-state index contributed by atoms with van der Waals surface area (Å²) in [7, 11) is 0. The smallest absolute Gasteiger partial charge is 0.225 e. The monoisotopic (exact) mass is 351 g/mol. The summed E-state index contributed by atoms with van der Waals surface area (Å²) in [5.74, 6) is 2.83. The molecule has 2 aromatic rings. The predicted molar refractivity (Wildman–Crippen MR) is 101 cm³/mol. The van der Waals surface area contributed by atoms with Gasteiger partial charge in [0, 0.05) is 18.8 Å². The number of benzene rings is 1. The summed E-state index contributed by atoms with van der Waals surface area (Å²) in [6, 6.07) is 8.10. The second-order valence-corrected chi connectivity index (χ2v) is 7.61. The van der Waals surface area contributed by atoms with E-state index in [9.17, 15) is 4.79 Å². The van der Waals surface area contributed by atoms with Crippen molar-refractivity contribution in [2.45, 2.75) is 51.0 Å². The van der Waals surface area contributed by atoms with Gasteiger partial charge in [0.15, 0.2) is 0 Å². The molecule has 0 unspecified atom stereocenters. The fourth-order valence-electron chi connectivity index (χ4n) is 3.41. The molecule has 1 aromatic heterocycles. The standard InChI is InChI=1S/C21H25N3O2/c1-14(9-15(2)25)16-5-7-19(8-6-16)26-20-12-24(13-20)21-22-10-18(11-23-21)17-3-4-17/h5-8,10-11,14,17,20H,3-4,9,12-13H2,1-2H3/t14-/m1/s1. The van der Waals surface area contributed by atoms with E-state index in [0.717, 1.165) is 24.8 Å². The number of hydrogen-bond acceptors (Lipinski definition) is 5. The Hall–Kier alpha value is -2.43. The van der Waals surface area contributed by atoms with Crippen LogP contribution in [-0.2, 0) is 4.79 Å². The van der Waals surface area contributed by atoms with Gasteiger partial charge in [0.2, 0.25) is 5.95 Å². The highest BCUT2D eigenvalue weighted by Gasteiger charge is 2.31. The van der Waals surface area contributed by atoms with Gasteiger partial charge in [-0.25, -0.2) is 9.97 Å². The maximum Gasteiger partial charge on any atom is 0.225 e. The minimum Gasteiger partial charge on any atom is -0.487 e. The van der Waals surface area contributed by atoms with Crippen LogP contribution in [0.5, 0.6) is 5.75 Å². The lowest BCUT2D eigenvalue weighted by Gasteiger charge is -2.38. The van der Waals surface area contributed by atoms with Crippen LogP contribution in [0.15, 0.2) is 36.7 Å². The molecule has 1 aliphatic carbocycles. The zero-order chi connectivity index (χ0) is 18.1. The maximum atomic E-state index is 11.2. The Bertz CT molecular complexity index is 763. The maximum absolute atomic E-state index is 11.2. The van der Waals surface area contributed by atoms with Crippen molar-refractivity contribution < 1.29 is 9.53 Å². The van der Waals surface area contributed by atoms with Gasteiger partial charge in [-0.15, -0.1) is 0 Å². The number of ketones is 1. The van der Waals surface area contributed by atoms with E-state index in [0.29, 0.717) is 12.3 Å². The van der Waals surface area contributed by atoms with Gasteiger partial charge in [-0.3, -0.25) is 0 Å². The van der Waals surface area contributed by atoms with Crippen LogP contribution in [0, 0.1) is 0 Å². The summed E-state index contributed by atoms with van der Waals surface area (Å²) in [5, 5.41) is 0. The SMILES string of the molecule is CC(=O)C[C@@H](C)c1ccc(OC2CN(c3ncc(C4CC4)cn3)C2)cc1. The van der Waals surface area contributed by atoms with Crippen molar-refractivity contribution >= 4 is 11.7 Å². The van der Waals surface area contributed by atoms with Crippen molar-refractivity contribution in [3.8, 4) is 5.75 Å². The Morgan fingerprint density at radius 2 is 1.85 bits per heavy atom. The lowest BCUT2D eigenvalue weighted by atomic mass is 9.96. The molecule has 0 radical (unpaired) electrons. The van der Waals surface area contributed by atoms with Crippen molar-refractivity contribution in [2.75, 3.05) is 18.0 Å². The number of carbonyl (C=O) groups excluding carboxylic acids is 1. The van der Waals surface area contributed by atoms with Gasteiger partial charge in [-0.05, 0) is 54.9 Å². The Morgan fingerprint density at radius 3 is 2.42 bits per heavy atom. The molecule has 2 heterocycles. The van der Waals surface area contributed by atoms with E-state index in [-0.39, 0.29) is 17.8 Å². The number of anilines is 1. The number of nitrogens with zero attached hydrogens (tertiary/aromatic N) is 3. The molecule has 0 spiro atoms. The molecule has 5 nitrogen and oxygen atoms in total. The first-order valence-corrected chi connectivity index (χ1v) is 9.41. The molecule has 1 atom stereocenters. The molecule has 1 saturated heterocycles. The second-order valence-electron chi connectivity index (χ2n) is 7.61. The van der Waals surface area contributed by atoms with Crippen LogP contribution in [0.4, 0.5) is 5.95 Å². The third-order valence-corrected chi connectivity index (χ3v) is 5.18. The van der Waals surface area contributed by atoms with Gasteiger partial charge >= 0.3 is 0 Å². The fraction of sp³-hybridized carbons (Fsp3) is 0.476. The molecule has 1 saturated carbocycles. The molecule has 5 heteroatoms. The van der Waals surface area contributed by atoms with Crippen LogP contribution < -0.4 is 9.64 Å². The van der Waals surface area contributed by atoms with Crippen molar-refractivity contribution in [1.82, 2.24) is 9.97 Å². The number of Topliss-reactive ketones (excluding diaryl/α,β-unsaturated/α-hetero) is 1. The van der Waals surface area contributed by atoms with Crippen LogP contribution in [0.25, 0.3) is 0 Å². The lowest BCUT2D eigenvalue weighted by Crippen LogP contribution is -2.54. The minimum atomic E-state index is 0.169. The van der Waals surface area contributed by atoms with Crippen LogP contribution in [0.3, 0.4) is 0 Å². The number of hydrogen-bond donors (Lipinski definition) is 0.